The van der Waals surface area contributed by atoms with Crippen molar-refractivity contribution in [2.24, 2.45) is 5.92 Å². The SMILES string of the molecule is C=CCN(CC=C)[C@@H]1C(=O)N2[C@@H](C(=O)OC)[C@@H](C(=O)OC)[C@@H](c3ccc(OC)cc3)N2[C@H]1c1ccccc1. The quantitative estimate of drug-likeness (QED) is 0.350. The molecule has 2 saturated heterocycles. The molecule has 0 aliphatic carbocycles. The van der Waals surface area contributed by atoms with Crippen molar-refractivity contribution in [2.45, 2.75) is 24.2 Å². The van der Waals surface area contributed by atoms with Crippen LogP contribution in [0.15, 0.2) is 79.9 Å². The molecule has 9 nitrogen and oxygen atoms in total. The summed E-state index contributed by atoms with van der Waals surface area (Å²) in [5.41, 5.74) is 1.59. The second kappa shape index (κ2) is 11.6. The van der Waals surface area contributed by atoms with E-state index in [9.17, 15) is 14.4 Å². The van der Waals surface area contributed by atoms with Crippen molar-refractivity contribution in [3.63, 3.8) is 0 Å². The normalized spacial score (nSPS) is 24.7. The summed E-state index contributed by atoms with van der Waals surface area (Å²) in [5, 5.41) is 3.26. The number of benzene rings is 2. The van der Waals surface area contributed by atoms with E-state index < -0.39 is 42.0 Å². The first-order chi connectivity index (χ1) is 18.4. The average molecular weight is 520 g/mol. The van der Waals surface area contributed by atoms with Gasteiger partial charge in [0, 0.05) is 13.1 Å². The first-order valence-corrected chi connectivity index (χ1v) is 12.3. The average Bonchev–Trinajstić information content (AvgIpc) is 3.45. The third kappa shape index (κ3) is 4.59. The summed E-state index contributed by atoms with van der Waals surface area (Å²) in [6, 6.07) is 13.7. The van der Waals surface area contributed by atoms with Crippen molar-refractivity contribution in [1.82, 2.24) is 14.9 Å². The van der Waals surface area contributed by atoms with E-state index in [4.69, 9.17) is 14.2 Å². The molecule has 5 atom stereocenters. The zero-order valence-corrected chi connectivity index (χ0v) is 21.9. The molecular formula is C29H33N3O6. The molecule has 9 heteroatoms. The van der Waals surface area contributed by atoms with Gasteiger partial charge in [-0.1, -0.05) is 54.6 Å². The molecule has 2 aliphatic rings. The predicted molar refractivity (Wildman–Crippen MR) is 141 cm³/mol. The van der Waals surface area contributed by atoms with Crippen LogP contribution in [0.5, 0.6) is 5.75 Å². The van der Waals surface area contributed by atoms with E-state index in [1.807, 2.05) is 52.4 Å². The minimum absolute atomic E-state index is 0.317. The Morgan fingerprint density at radius 3 is 1.97 bits per heavy atom. The lowest BCUT2D eigenvalue weighted by Crippen LogP contribution is -2.50. The number of carbonyl (C=O) groups excluding carboxylic acids is 3. The lowest BCUT2D eigenvalue weighted by Gasteiger charge is -2.35. The number of methoxy groups -OCH3 is 3. The highest BCUT2D eigenvalue weighted by Gasteiger charge is 2.66. The maximum Gasteiger partial charge on any atom is 0.331 e. The Labute approximate surface area is 222 Å². The summed E-state index contributed by atoms with van der Waals surface area (Å²) in [7, 11) is 4.09. The van der Waals surface area contributed by atoms with E-state index in [1.54, 1.807) is 31.4 Å². The van der Waals surface area contributed by atoms with Gasteiger partial charge in [-0.15, -0.1) is 13.2 Å². The van der Waals surface area contributed by atoms with Gasteiger partial charge in [0.05, 0.1) is 33.4 Å². The third-order valence-electron chi connectivity index (χ3n) is 7.18. The maximum absolute atomic E-state index is 14.3. The number of fused-ring (bicyclic) bond motifs is 1. The number of hydrazine groups is 1. The zero-order valence-electron chi connectivity index (χ0n) is 21.9. The molecule has 0 aromatic heterocycles. The van der Waals surface area contributed by atoms with Crippen LogP contribution in [0.1, 0.15) is 23.2 Å². The minimum atomic E-state index is -1.21. The summed E-state index contributed by atoms with van der Waals surface area (Å²) in [6.45, 7) is 8.58. The highest BCUT2D eigenvalue weighted by atomic mass is 16.5. The van der Waals surface area contributed by atoms with Crippen molar-refractivity contribution in [3.05, 3.63) is 91.0 Å². The highest BCUT2D eigenvalue weighted by molar-refractivity contribution is 5.94. The van der Waals surface area contributed by atoms with Crippen LogP contribution in [0.3, 0.4) is 0 Å². The summed E-state index contributed by atoms with van der Waals surface area (Å²) >= 11 is 0. The Kier molecular flexibility index (Phi) is 8.29. The fraction of sp³-hybridized carbons (Fsp3) is 0.345. The summed E-state index contributed by atoms with van der Waals surface area (Å²) in [5.74, 6) is -2.00. The van der Waals surface area contributed by atoms with E-state index in [2.05, 4.69) is 13.2 Å². The predicted octanol–water partition coefficient (Wildman–Crippen LogP) is 2.92. The van der Waals surface area contributed by atoms with Gasteiger partial charge in [-0.3, -0.25) is 19.5 Å². The van der Waals surface area contributed by atoms with E-state index in [0.717, 1.165) is 11.1 Å². The Morgan fingerprint density at radius 1 is 0.868 bits per heavy atom. The van der Waals surface area contributed by atoms with Gasteiger partial charge in [0.25, 0.3) is 5.91 Å². The smallest absolute Gasteiger partial charge is 0.331 e. The highest BCUT2D eigenvalue weighted by Crippen LogP contribution is 2.53. The lowest BCUT2D eigenvalue weighted by molar-refractivity contribution is -0.161. The molecule has 0 radical (unpaired) electrons. The molecule has 0 bridgehead atoms. The maximum atomic E-state index is 14.3. The molecule has 200 valence electrons. The monoisotopic (exact) mass is 519 g/mol. The van der Waals surface area contributed by atoms with E-state index in [1.165, 1.54) is 19.2 Å². The third-order valence-corrected chi connectivity index (χ3v) is 7.18. The number of hydrogen-bond acceptors (Lipinski definition) is 8. The van der Waals surface area contributed by atoms with Crippen LogP contribution in [-0.4, -0.2) is 79.3 Å². The van der Waals surface area contributed by atoms with Crippen LogP contribution in [0.2, 0.25) is 0 Å². The number of amides is 1. The van der Waals surface area contributed by atoms with Crippen molar-refractivity contribution < 1.29 is 28.6 Å². The van der Waals surface area contributed by atoms with Crippen LogP contribution < -0.4 is 4.74 Å². The summed E-state index contributed by atoms with van der Waals surface area (Å²) < 4.78 is 15.6. The van der Waals surface area contributed by atoms with Gasteiger partial charge < -0.3 is 14.2 Å². The second-order valence-corrected chi connectivity index (χ2v) is 9.13. The Bertz CT molecular complexity index is 1170. The van der Waals surface area contributed by atoms with Crippen molar-refractivity contribution in [3.8, 4) is 5.75 Å². The first kappa shape index (κ1) is 27.1. The van der Waals surface area contributed by atoms with Gasteiger partial charge in [0.1, 0.15) is 17.7 Å². The summed E-state index contributed by atoms with van der Waals surface area (Å²) in [4.78, 5) is 42.8. The zero-order chi connectivity index (χ0) is 27.4. The largest absolute Gasteiger partial charge is 0.497 e. The minimum Gasteiger partial charge on any atom is -0.497 e. The van der Waals surface area contributed by atoms with Gasteiger partial charge in [-0.2, -0.15) is 5.01 Å². The number of carbonyl (C=O) groups is 3. The Hall–Kier alpha value is -3.95. The van der Waals surface area contributed by atoms with E-state index >= 15 is 0 Å². The molecule has 2 aliphatic heterocycles. The molecule has 4 rings (SSSR count). The lowest BCUT2D eigenvalue weighted by atomic mass is 9.85. The molecule has 0 N–H and O–H groups in total. The Balaban J connectivity index is 1.98. The van der Waals surface area contributed by atoms with Crippen LogP contribution >= 0.6 is 0 Å². The fourth-order valence-corrected chi connectivity index (χ4v) is 5.64. The van der Waals surface area contributed by atoms with Gasteiger partial charge in [0.15, 0.2) is 6.04 Å². The van der Waals surface area contributed by atoms with Gasteiger partial charge >= 0.3 is 11.9 Å². The molecule has 0 saturated carbocycles. The molecule has 1 amide bonds. The molecule has 2 aromatic carbocycles. The number of esters is 2. The fourth-order valence-electron chi connectivity index (χ4n) is 5.64. The molecule has 2 aromatic rings. The number of rotatable bonds is 10. The van der Waals surface area contributed by atoms with Crippen LogP contribution in [0.25, 0.3) is 0 Å². The van der Waals surface area contributed by atoms with Crippen LogP contribution in [-0.2, 0) is 23.9 Å². The van der Waals surface area contributed by atoms with Gasteiger partial charge in [0.2, 0.25) is 0 Å². The van der Waals surface area contributed by atoms with E-state index in [0.29, 0.717) is 18.8 Å². The topological polar surface area (TPSA) is 88.6 Å². The van der Waals surface area contributed by atoms with Crippen molar-refractivity contribution >= 4 is 17.8 Å². The molecular weight excluding hydrogens is 486 g/mol. The number of nitrogens with zero attached hydrogens (tertiary/aromatic N) is 3. The first-order valence-electron chi connectivity index (χ1n) is 12.3. The van der Waals surface area contributed by atoms with Crippen LogP contribution in [0, 0.1) is 5.92 Å². The molecule has 38 heavy (non-hydrogen) atoms. The number of hydrogen-bond donors (Lipinski definition) is 0. The Morgan fingerprint density at radius 2 is 1.45 bits per heavy atom. The van der Waals surface area contributed by atoms with Crippen molar-refractivity contribution in [1.29, 1.82) is 0 Å². The molecule has 2 heterocycles. The molecule has 2 fully saturated rings. The van der Waals surface area contributed by atoms with Crippen LogP contribution in [0.4, 0.5) is 0 Å². The summed E-state index contributed by atoms with van der Waals surface area (Å²) in [6.07, 6.45) is 3.46. The van der Waals surface area contributed by atoms with E-state index in [-0.39, 0.29) is 5.91 Å². The molecule has 0 unspecified atom stereocenters. The second-order valence-electron chi connectivity index (χ2n) is 9.13. The van der Waals surface area contributed by atoms with Crippen molar-refractivity contribution in [2.75, 3.05) is 34.4 Å². The van der Waals surface area contributed by atoms with Gasteiger partial charge in [-0.25, -0.2) is 4.79 Å². The van der Waals surface area contributed by atoms with Gasteiger partial charge in [-0.05, 0) is 23.3 Å². The molecule has 0 spiro atoms. The standard InChI is InChI=1S/C29H33N3O6/c1-6-17-30(18-7-2)26-24(19-11-9-8-10-12-19)31-23(20-13-15-21(36-3)16-14-20)22(28(34)37-4)25(29(35)38-5)32(31)27(26)33/h6-16,22-26H,1-2,17-18H2,3-5H3/t22-,23+,24-,25+,26-/m0/s1. The number of ether oxygens (including phenoxy) is 3.